The molecule has 1 N–H and O–H groups in total. The molecule has 0 aromatic heterocycles. The third-order valence-electron chi connectivity index (χ3n) is 6.39. The molecule has 1 heterocycles. The van der Waals surface area contributed by atoms with Gasteiger partial charge in [0.05, 0.1) is 6.04 Å². The topological polar surface area (TPSA) is 66.8 Å². The van der Waals surface area contributed by atoms with Gasteiger partial charge in [0, 0.05) is 12.5 Å². The molecule has 0 saturated heterocycles. The molecule has 5 nitrogen and oxygen atoms in total. The predicted octanol–water partition coefficient (Wildman–Crippen LogP) is 4.51. The first-order valence-corrected chi connectivity index (χ1v) is 10.8. The number of hydrogen-bond donors (Lipinski definition) is 1. The van der Waals surface area contributed by atoms with Crippen LogP contribution < -0.4 is 4.74 Å². The van der Waals surface area contributed by atoms with Crippen LogP contribution in [0.25, 0.3) is 0 Å². The van der Waals surface area contributed by atoms with Crippen molar-refractivity contribution >= 4 is 11.9 Å². The average molecular weight is 408 g/mol. The van der Waals surface area contributed by atoms with Gasteiger partial charge in [-0.05, 0) is 61.9 Å². The molecule has 1 saturated carbocycles. The minimum atomic E-state index is -0.999. The van der Waals surface area contributed by atoms with Crippen LogP contribution in [-0.2, 0) is 16.0 Å². The van der Waals surface area contributed by atoms with Crippen LogP contribution in [0.2, 0.25) is 0 Å². The molecule has 2 aromatic carbocycles. The largest absolute Gasteiger partial charge is 0.479 e. The third kappa shape index (κ3) is 4.07. The van der Waals surface area contributed by atoms with Gasteiger partial charge in [-0.1, -0.05) is 48.7 Å². The van der Waals surface area contributed by atoms with Gasteiger partial charge in [0.2, 0.25) is 5.91 Å². The molecule has 0 spiro atoms. The summed E-state index contributed by atoms with van der Waals surface area (Å²) in [4.78, 5) is 26.7. The number of ether oxygens (including phenoxy) is 1. The average Bonchev–Trinajstić information content (AvgIpc) is 3.28. The van der Waals surface area contributed by atoms with Gasteiger partial charge in [-0.2, -0.15) is 0 Å². The highest BCUT2D eigenvalue weighted by molar-refractivity contribution is 5.80. The van der Waals surface area contributed by atoms with Gasteiger partial charge in [0.1, 0.15) is 5.75 Å². The summed E-state index contributed by atoms with van der Waals surface area (Å²) in [7, 11) is 0. The van der Waals surface area contributed by atoms with Crippen LogP contribution in [0.3, 0.4) is 0 Å². The summed E-state index contributed by atoms with van der Waals surface area (Å²) in [6.45, 7) is 4.28. The van der Waals surface area contributed by atoms with Crippen LogP contribution in [-0.4, -0.2) is 34.5 Å². The maximum absolute atomic E-state index is 13.4. The third-order valence-corrected chi connectivity index (χ3v) is 6.39. The molecule has 158 valence electrons. The zero-order valence-electron chi connectivity index (χ0n) is 17.6. The highest BCUT2D eigenvalue weighted by atomic mass is 16.5. The molecule has 2 unspecified atom stereocenters. The minimum absolute atomic E-state index is 0.117. The predicted molar refractivity (Wildman–Crippen MR) is 115 cm³/mol. The summed E-state index contributed by atoms with van der Waals surface area (Å²) in [5.41, 5.74) is 4.48. The second kappa shape index (κ2) is 8.50. The molecule has 2 aliphatic rings. The smallest absolute Gasteiger partial charge is 0.344 e. The molecule has 2 aromatic rings. The molecule has 1 amide bonds. The van der Waals surface area contributed by atoms with E-state index in [1.54, 1.807) is 0 Å². The van der Waals surface area contributed by atoms with E-state index in [-0.39, 0.29) is 17.9 Å². The number of aliphatic carboxylic acids is 1. The Morgan fingerprint density at radius 1 is 1.10 bits per heavy atom. The summed E-state index contributed by atoms with van der Waals surface area (Å²) in [6, 6.07) is 13.9. The number of carboxylic acids is 1. The molecular formula is C25H29NO4. The lowest BCUT2D eigenvalue weighted by Crippen LogP contribution is -2.43. The number of carbonyl (C=O) groups excluding carboxylic acids is 1. The molecule has 2 atom stereocenters. The Morgan fingerprint density at radius 2 is 1.80 bits per heavy atom. The highest BCUT2D eigenvalue weighted by Crippen LogP contribution is 2.39. The van der Waals surface area contributed by atoms with E-state index >= 15 is 0 Å². The lowest BCUT2D eigenvalue weighted by Gasteiger charge is -2.39. The van der Waals surface area contributed by atoms with Crippen molar-refractivity contribution in [3.05, 3.63) is 64.7 Å². The summed E-state index contributed by atoms with van der Waals surface area (Å²) in [6.07, 6.45) is 4.07. The number of hydrogen-bond acceptors (Lipinski definition) is 3. The lowest BCUT2D eigenvalue weighted by atomic mass is 9.86. The van der Waals surface area contributed by atoms with E-state index in [9.17, 15) is 14.7 Å². The van der Waals surface area contributed by atoms with E-state index in [4.69, 9.17) is 4.74 Å². The quantitative estimate of drug-likeness (QED) is 0.792. The second-order valence-corrected chi connectivity index (χ2v) is 8.54. The summed E-state index contributed by atoms with van der Waals surface area (Å²) < 4.78 is 5.64. The molecule has 1 aliphatic heterocycles. The summed E-state index contributed by atoms with van der Waals surface area (Å²) in [5.74, 6) is -0.114. The van der Waals surface area contributed by atoms with Gasteiger partial charge in [-0.15, -0.1) is 0 Å². The van der Waals surface area contributed by atoms with Crippen molar-refractivity contribution in [3.8, 4) is 5.75 Å². The number of carbonyl (C=O) groups is 2. The van der Waals surface area contributed by atoms with E-state index in [1.807, 2.05) is 23.1 Å². The van der Waals surface area contributed by atoms with E-state index in [0.717, 1.165) is 43.2 Å². The van der Waals surface area contributed by atoms with Crippen molar-refractivity contribution in [2.75, 3.05) is 6.54 Å². The first-order chi connectivity index (χ1) is 14.4. The van der Waals surface area contributed by atoms with E-state index in [2.05, 4.69) is 31.2 Å². The van der Waals surface area contributed by atoms with Gasteiger partial charge < -0.3 is 14.7 Å². The van der Waals surface area contributed by atoms with Gasteiger partial charge >= 0.3 is 5.97 Å². The maximum Gasteiger partial charge on any atom is 0.344 e. The fourth-order valence-electron chi connectivity index (χ4n) is 4.67. The summed E-state index contributed by atoms with van der Waals surface area (Å²) in [5, 5.41) is 9.20. The van der Waals surface area contributed by atoms with Gasteiger partial charge in [-0.25, -0.2) is 4.79 Å². The number of carboxylic acid groups (broad SMARTS) is 1. The molecule has 4 rings (SSSR count). The first-order valence-electron chi connectivity index (χ1n) is 10.8. The molecule has 1 aliphatic carbocycles. The van der Waals surface area contributed by atoms with E-state index in [0.29, 0.717) is 12.3 Å². The van der Waals surface area contributed by atoms with Crippen LogP contribution in [0.1, 0.15) is 60.9 Å². The zero-order valence-corrected chi connectivity index (χ0v) is 17.6. The number of aryl methyl sites for hydroxylation is 1. The second-order valence-electron chi connectivity index (χ2n) is 8.54. The Hall–Kier alpha value is -2.82. The fraction of sp³-hybridized carbons (Fsp3) is 0.440. The number of rotatable bonds is 5. The standard InChI is InChI=1S/C25H29NO4/c1-16-7-9-19(10-8-16)23-22-15-21(30-17(2)25(28)29)12-11-18(22)13-14-26(23)24(27)20-5-3-4-6-20/h7-12,15,17,20,23H,3-6,13-14H2,1-2H3,(H,28,29). The highest BCUT2D eigenvalue weighted by Gasteiger charge is 2.36. The fourth-order valence-corrected chi connectivity index (χ4v) is 4.67. The number of benzene rings is 2. The Balaban J connectivity index is 1.74. The Bertz CT molecular complexity index is 931. The summed E-state index contributed by atoms with van der Waals surface area (Å²) >= 11 is 0. The van der Waals surface area contributed by atoms with Crippen molar-refractivity contribution in [2.45, 2.75) is 58.1 Å². The zero-order chi connectivity index (χ0) is 21.3. The Labute approximate surface area is 177 Å². The SMILES string of the molecule is Cc1ccc(C2c3cc(OC(C)C(=O)O)ccc3CCN2C(=O)C2CCCC2)cc1. The van der Waals surface area contributed by atoms with Crippen LogP contribution in [0.5, 0.6) is 5.75 Å². The van der Waals surface area contributed by atoms with Crippen LogP contribution in [0, 0.1) is 12.8 Å². The van der Waals surface area contributed by atoms with Gasteiger partial charge in [0.15, 0.2) is 6.10 Å². The van der Waals surface area contributed by atoms with Crippen LogP contribution in [0.4, 0.5) is 0 Å². The number of nitrogens with zero attached hydrogens (tertiary/aromatic N) is 1. The Morgan fingerprint density at radius 3 is 2.47 bits per heavy atom. The Kier molecular flexibility index (Phi) is 5.80. The molecule has 1 fully saturated rings. The van der Waals surface area contributed by atoms with Crippen molar-refractivity contribution in [1.29, 1.82) is 0 Å². The van der Waals surface area contributed by atoms with Crippen molar-refractivity contribution in [2.24, 2.45) is 5.92 Å². The van der Waals surface area contributed by atoms with Crippen molar-refractivity contribution < 1.29 is 19.4 Å². The molecule has 0 radical (unpaired) electrons. The monoisotopic (exact) mass is 407 g/mol. The minimum Gasteiger partial charge on any atom is -0.479 e. The number of amides is 1. The normalized spacial score (nSPS) is 19.9. The van der Waals surface area contributed by atoms with Crippen LogP contribution in [0.15, 0.2) is 42.5 Å². The van der Waals surface area contributed by atoms with E-state index < -0.39 is 12.1 Å². The molecule has 5 heteroatoms. The molecule has 30 heavy (non-hydrogen) atoms. The first kappa shape index (κ1) is 20.5. The maximum atomic E-state index is 13.4. The van der Waals surface area contributed by atoms with Gasteiger partial charge in [0.25, 0.3) is 0 Å². The molecule has 0 bridgehead atoms. The van der Waals surface area contributed by atoms with Crippen molar-refractivity contribution in [3.63, 3.8) is 0 Å². The molecular weight excluding hydrogens is 378 g/mol. The van der Waals surface area contributed by atoms with Crippen molar-refractivity contribution in [1.82, 2.24) is 4.90 Å². The number of fused-ring (bicyclic) bond motifs is 1. The van der Waals surface area contributed by atoms with Crippen LogP contribution >= 0.6 is 0 Å². The lowest BCUT2D eigenvalue weighted by molar-refractivity contribution is -0.144. The van der Waals surface area contributed by atoms with E-state index in [1.165, 1.54) is 18.1 Å². The van der Waals surface area contributed by atoms with Gasteiger partial charge in [-0.3, -0.25) is 4.79 Å².